The Morgan fingerprint density at radius 1 is 0.902 bits per heavy atom. The maximum Gasteiger partial charge on any atom is 0.168 e. The van der Waals surface area contributed by atoms with E-state index in [1.165, 1.54) is 32.1 Å². The van der Waals surface area contributed by atoms with E-state index in [-0.39, 0.29) is 5.78 Å². The average molecular weight is 568 g/mol. The molecule has 0 fully saturated rings. The van der Waals surface area contributed by atoms with Gasteiger partial charge in [-0.15, -0.1) is 0 Å². The largest absolute Gasteiger partial charge is 0.388 e. The van der Waals surface area contributed by atoms with E-state index >= 15 is 0 Å². The number of Topliss-reactive ketones (excluding diaryl/α,β-unsaturated/α-hetero) is 1. The molecule has 0 radical (unpaired) electrons. The molecule has 2 aromatic rings. The molecule has 0 aliphatic carbocycles. The van der Waals surface area contributed by atoms with Crippen LogP contribution in [0.2, 0.25) is 0 Å². The number of rotatable bonds is 23. The second kappa shape index (κ2) is 20.8. The number of benzene rings is 2. The highest BCUT2D eigenvalue weighted by molar-refractivity contribution is 5.98. The summed E-state index contributed by atoms with van der Waals surface area (Å²) in [4.78, 5) is 24.0. The molecule has 0 amide bonds. The van der Waals surface area contributed by atoms with Crippen LogP contribution in [0.3, 0.4) is 0 Å². The predicted molar refractivity (Wildman–Crippen MR) is 171 cm³/mol. The van der Waals surface area contributed by atoms with Crippen molar-refractivity contribution >= 4 is 17.2 Å². The Hall–Kier alpha value is -3.03. The van der Waals surface area contributed by atoms with Crippen LogP contribution in [0.1, 0.15) is 101 Å². The third-order valence-electron chi connectivity index (χ3n) is 7.02. The van der Waals surface area contributed by atoms with Crippen molar-refractivity contribution in [2.24, 2.45) is 0 Å². The van der Waals surface area contributed by atoms with E-state index in [0.29, 0.717) is 38.5 Å². The van der Waals surface area contributed by atoms with Crippen molar-refractivity contribution in [3.63, 3.8) is 0 Å². The summed E-state index contributed by atoms with van der Waals surface area (Å²) < 4.78 is 5.98. The maximum atomic E-state index is 12.4. The van der Waals surface area contributed by atoms with E-state index in [1.54, 1.807) is 0 Å². The zero-order valence-electron chi connectivity index (χ0n) is 26.1. The van der Waals surface area contributed by atoms with Gasteiger partial charge in [-0.3, -0.25) is 4.79 Å². The molecule has 0 aliphatic heterocycles. The Morgan fingerprint density at radius 3 is 2.37 bits per heavy atom. The summed E-state index contributed by atoms with van der Waals surface area (Å²) in [7, 11) is 1.89. The van der Waals surface area contributed by atoms with Crippen LogP contribution in [0.15, 0.2) is 54.2 Å². The molecule has 0 atom stereocenters. The van der Waals surface area contributed by atoms with Gasteiger partial charge in [0.1, 0.15) is 0 Å². The minimum atomic E-state index is 0.196. The SMILES string of the molecule is CC/C=C(/CCCCCCCC)N(CCOCCNc1cccc(C(=O)CCC)c1C)OOc1ccc(NC)cc1. The van der Waals surface area contributed by atoms with Crippen molar-refractivity contribution < 1.29 is 19.4 Å². The summed E-state index contributed by atoms with van der Waals surface area (Å²) in [6, 6.07) is 13.5. The van der Waals surface area contributed by atoms with Gasteiger partial charge >= 0.3 is 0 Å². The zero-order valence-corrected chi connectivity index (χ0v) is 26.1. The summed E-state index contributed by atoms with van der Waals surface area (Å²) in [5.41, 5.74) is 4.91. The number of unbranched alkanes of at least 4 members (excludes halogenated alkanes) is 5. The second-order valence-electron chi connectivity index (χ2n) is 10.3. The minimum absolute atomic E-state index is 0.196. The topological polar surface area (TPSA) is 72.1 Å². The number of carbonyl (C=O) groups excluding carboxylic acids is 1. The first-order valence-electron chi connectivity index (χ1n) is 15.6. The highest BCUT2D eigenvalue weighted by atomic mass is 17.3. The quantitative estimate of drug-likeness (QED) is 0.0602. The Bertz CT molecular complexity index is 1020. The van der Waals surface area contributed by atoms with Crippen molar-refractivity contribution in [1.29, 1.82) is 0 Å². The monoisotopic (exact) mass is 567 g/mol. The highest BCUT2D eigenvalue weighted by Crippen LogP contribution is 2.22. The second-order valence-corrected chi connectivity index (χ2v) is 10.3. The van der Waals surface area contributed by atoms with Crippen molar-refractivity contribution in [3.8, 4) is 5.75 Å². The molecule has 0 spiro atoms. The smallest absolute Gasteiger partial charge is 0.168 e. The van der Waals surface area contributed by atoms with Gasteiger partial charge in [0.2, 0.25) is 0 Å². The van der Waals surface area contributed by atoms with E-state index in [0.717, 1.165) is 53.9 Å². The number of nitrogens with zero attached hydrogens (tertiary/aromatic N) is 1. The summed E-state index contributed by atoms with van der Waals surface area (Å²) in [6.45, 7) is 10.7. The molecule has 0 heterocycles. The number of ketones is 1. The molecule has 0 aliphatic rings. The molecular weight excluding hydrogens is 514 g/mol. The molecule has 0 unspecified atom stereocenters. The fourth-order valence-electron chi connectivity index (χ4n) is 4.64. The van der Waals surface area contributed by atoms with Crippen LogP contribution in [0, 0.1) is 6.92 Å². The van der Waals surface area contributed by atoms with E-state index in [2.05, 4.69) is 30.6 Å². The molecule has 7 heteroatoms. The fraction of sp³-hybridized carbons (Fsp3) is 0.559. The van der Waals surface area contributed by atoms with Gasteiger partial charge < -0.3 is 20.3 Å². The molecular formula is C34H53N3O4. The number of hydroxylamine groups is 2. The van der Waals surface area contributed by atoms with Gasteiger partial charge in [0.05, 0.1) is 19.8 Å². The first-order chi connectivity index (χ1) is 20.0. The van der Waals surface area contributed by atoms with Crippen LogP contribution < -0.4 is 15.5 Å². The first kappa shape index (κ1) is 34.2. The molecule has 41 heavy (non-hydrogen) atoms. The molecule has 0 saturated heterocycles. The molecule has 2 N–H and O–H groups in total. The Kier molecular flexibility index (Phi) is 17.3. The Morgan fingerprint density at radius 2 is 1.66 bits per heavy atom. The van der Waals surface area contributed by atoms with Crippen LogP contribution >= 0.6 is 0 Å². The van der Waals surface area contributed by atoms with Gasteiger partial charge in [-0.25, -0.2) is 5.06 Å². The summed E-state index contributed by atoms with van der Waals surface area (Å²) >= 11 is 0. The average Bonchev–Trinajstić information content (AvgIpc) is 2.98. The highest BCUT2D eigenvalue weighted by Gasteiger charge is 2.14. The number of ether oxygens (including phenoxy) is 1. The van der Waals surface area contributed by atoms with E-state index in [1.807, 2.05) is 68.4 Å². The van der Waals surface area contributed by atoms with Crippen molar-refractivity contribution in [3.05, 3.63) is 65.4 Å². The lowest BCUT2D eigenvalue weighted by Crippen LogP contribution is -2.29. The van der Waals surface area contributed by atoms with Crippen LogP contribution in [0.25, 0.3) is 0 Å². The number of allylic oxidation sites excluding steroid dienone is 2. The number of hydrogen-bond acceptors (Lipinski definition) is 7. The van der Waals surface area contributed by atoms with Crippen molar-refractivity contribution in [1.82, 2.24) is 5.06 Å². The summed E-state index contributed by atoms with van der Waals surface area (Å²) in [5.74, 6) is 0.839. The summed E-state index contributed by atoms with van der Waals surface area (Å²) in [6.07, 6.45) is 13.0. The van der Waals surface area contributed by atoms with E-state index < -0.39 is 0 Å². The lowest BCUT2D eigenvalue weighted by Gasteiger charge is -2.25. The van der Waals surface area contributed by atoms with Crippen molar-refractivity contribution in [2.45, 2.75) is 91.9 Å². The molecule has 0 aromatic heterocycles. The predicted octanol–water partition coefficient (Wildman–Crippen LogP) is 8.72. The van der Waals surface area contributed by atoms with Crippen LogP contribution in [-0.4, -0.2) is 44.2 Å². The number of nitrogens with one attached hydrogen (secondary N) is 2. The maximum absolute atomic E-state index is 12.4. The molecule has 228 valence electrons. The van der Waals surface area contributed by atoms with Crippen LogP contribution in [-0.2, 0) is 9.73 Å². The van der Waals surface area contributed by atoms with Gasteiger partial charge in [-0.05, 0) is 68.5 Å². The van der Waals surface area contributed by atoms with Gasteiger partial charge in [0.25, 0.3) is 0 Å². The Labute approximate surface area is 248 Å². The molecule has 7 nitrogen and oxygen atoms in total. The van der Waals surface area contributed by atoms with Crippen LogP contribution in [0.4, 0.5) is 11.4 Å². The van der Waals surface area contributed by atoms with Gasteiger partial charge in [-0.1, -0.05) is 76.1 Å². The third kappa shape index (κ3) is 13.0. The van der Waals surface area contributed by atoms with E-state index in [4.69, 9.17) is 14.6 Å². The molecule has 0 saturated carbocycles. The first-order valence-corrected chi connectivity index (χ1v) is 15.6. The zero-order chi connectivity index (χ0) is 29.7. The van der Waals surface area contributed by atoms with Crippen LogP contribution in [0.5, 0.6) is 5.75 Å². The molecule has 2 aromatic carbocycles. The summed E-state index contributed by atoms with van der Waals surface area (Å²) in [5, 5.41) is 8.37. The fourth-order valence-corrected chi connectivity index (χ4v) is 4.64. The number of carbonyl (C=O) groups is 1. The minimum Gasteiger partial charge on any atom is -0.388 e. The van der Waals surface area contributed by atoms with Gasteiger partial charge in [0, 0.05) is 42.6 Å². The number of anilines is 2. The standard InChI is InChI=1S/C34H53N3O4/c1-6-9-10-11-12-13-17-30(15-7-2)37(41-40-31-22-20-29(35-5)21-23-31)25-27-39-26-24-36-33-19-14-18-32(28(33)4)34(38)16-8-3/h14-15,18-23,35-36H,6-13,16-17,24-27H2,1-5H3/b30-15-. The van der Waals surface area contributed by atoms with Gasteiger partial charge in [-0.2, -0.15) is 0 Å². The third-order valence-corrected chi connectivity index (χ3v) is 7.02. The number of hydrogen-bond donors (Lipinski definition) is 2. The normalized spacial score (nSPS) is 11.4. The van der Waals surface area contributed by atoms with E-state index in [9.17, 15) is 4.79 Å². The molecule has 2 rings (SSSR count). The molecule has 0 bridgehead atoms. The lowest BCUT2D eigenvalue weighted by atomic mass is 10.0. The van der Waals surface area contributed by atoms with Crippen molar-refractivity contribution in [2.75, 3.05) is 44.0 Å². The van der Waals surface area contributed by atoms with Gasteiger partial charge in [0.15, 0.2) is 11.5 Å². The lowest BCUT2D eigenvalue weighted by molar-refractivity contribution is -0.356. The Balaban J connectivity index is 1.90.